The van der Waals surface area contributed by atoms with Gasteiger partial charge in [-0.15, -0.1) is 0 Å². The van der Waals surface area contributed by atoms with Crippen molar-refractivity contribution in [1.29, 1.82) is 0 Å². The Morgan fingerprint density at radius 2 is 2.24 bits per heavy atom. The fourth-order valence-corrected chi connectivity index (χ4v) is 2.50. The number of hydrogen-bond acceptors (Lipinski definition) is 2. The highest BCUT2D eigenvalue weighted by Gasteiger charge is 2.24. The lowest BCUT2D eigenvalue weighted by Crippen LogP contribution is -2.36. The van der Waals surface area contributed by atoms with E-state index in [1.807, 2.05) is 18.4 Å². The lowest BCUT2D eigenvalue weighted by Gasteiger charge is -2.26. The van der Waals surface area contributed by atoms with Crippen LogP contribution in [0.4, 0.5) is 0 Å². The van der Waals surface area contributed by atoms with Crippen molar-refractivity contribution in [3.63, 3.8) is 0 Å². The number of nitrogens with one attached hydrogen (secondary N) is 1. The van der Waals surface area contributed by atoms with Gasteiger partial charge in [0.05, 0.1) is 11.6 Å². The highest BCUT2D eigenvalue weighted by molar-refractivity contribution is 5.89. The minimum Gasteiger partial charge on any atom is -0.478 e. The van der Waals surface area contributed by atoms with Crippen LogP contribution in [0.15, 0.2) is 6.07 Å². The second kappa shape index (κ2) is 4.24. The first-order valence-corrected chi connectivity index (χ1v) is 5.69. The maximum absolute atomic E-state index is 11.1. The van der Waals surface area contributed by atoms with Crippen molar-refractivity contribution < 1.29 is 14.7 Å². The van der Waals surface area contributed by atoms with Gasteiger partial charge in [0.15, 0.2) is 0 Å². The Bertz CT molecular complexity index is 466. The second-order valence-electron chi connectivity index (χ2n) is 4.46. The standard InChI is InChI=1S/C12H16N2O3/c1-7-5-10(12(16)17)8(2)14(7)9-3-4-11(15)13-6-9/h5,9H,3-4,6H2,1-2H3,(H,13,15)(H,16,17). The highest BCUT2D eigenvalue weighted by atomic mass is 16.4. The number of carbonyl (C=O) groups excluding carboxylic acids is 1. The summed E-state index contributed by atoms with van der Waals surface area (Å²) in [5.41, 5.74) is 2.04. The second-order valence-corrected chi connectivity index (χ2v) is 4.46. The molecule has 1 unspecified atom stereocenters. The topological polar surface area (TPSA) is 71.3 Å². The minimum atomic E-state index is -0.899. The van der Waals surface area contributed by atoms with Crippen molar-refractivity contribution in [2.45, 2.75) is 32.7 Å². The van der Waals surface area contributed by atoms with Gasteiger partial charge in [0.1, 0.15) is 0 Å². The monoisotopic (exact) mass is 236 g/mol. The molecule has 5 heteroatoms. The van der Waals surface area contributed by atoms with Gasteiger partial charge in [-0.3, -0.25) is 4.79 Å². The van der Waals surface area contributed by atoms with Crippen molar-refractivity contribution in [1.82, 2.24) is 9.88 Å². The number of amides is 1. The minimum absolute atomic E-state index is 0.0715. The number of carboxylic acid groups (broad SMARTS) is 1. The van der Waals surface area contributed by atoms with Gasteiger partial charge >= 0.3 is 5.97 Å². The summed E-state index contributed by atoms with van der Waals surface area (Å²) in [6.45, 7) is 4.29. The fourth-order valence-electron chi connectivity index (χ4n) is 2.50. The number of aromatic nitrogens is 1. The molecule has 1 aromatic rings. The van der Waals surface area contributed by atoms with Crippen LogP contribution in [0.2, 0.25) is 0 Å². The van der Waals surface area contributed by atoms with Crippen molar-refractivity contribution in [3.8, 4) is 0 Å². The molecule has 2 heterocycles. The zero-order chi connectivity index (χ0) is 12.6. The van der Waals surface area contributed by atoms with E-state index in [2.05, 4.69) is 5.32 Å². The molecule has 1 aliphatic heterocycles. The average Bonchev–Trinajstić information content (AvgIpc) is 2.56. The lowest BCUT2D eigenvalue weighted by atomic mass is 10.1. The molecule has 0 aliphatic carbocycles. The molecule has 0 radical (unpaired) electrons. The number of hydrogen-bond donors (Lipinski definition) is 2. The predicted octanol–water partition coefficient (Wildman–Crippen LogP) is 1.25. The molecule has 1 atom stereocenters. The van der Waals surface area contributed by atoms with E-state index in [0.29, 0.717) is 18.5 Å². The molecule has 1 saturated heterocycles. The SMILES string of the molecule is Cc1cc(C(=O)O)c(C)n1C1CCC(=O)NC1. The van der Waals surface area contributed by atoms with Crippen LogP contribution in [0.3, 0.4) is 0 Å². The third-order valence-electron chi connectivity index (χ3n) is 3.32. The first-order chi connectivity index (χ1) is 8.00. The van der Waals surface area contributed by atoms with E-state index in [1.54, 1.807) is 6.07 Å². The van der Waals surface area contributed by atoms with Crippen LogP contribution >= 0.6 is 0 Å². The molecule has 0 saturated carbocycles. The number of rotatable bonds is 2. The predicted molar refractivity (Wildman–Crippen MR) is 62.1 cm³/mol. The maximum atomic E-state index is 11.1. The van der Waals surface area contributed by atoms with E-state index in [-0.39, 0.29) is 11.9 Å². The summed E-state index contributed by atoms with van der Waals surface area (Å²) in [7, 11) is 0. The van der Waals surface area contributed by atoms with Gasteiger partial charge in [0.2, 0.25) is 5.91 Å². The van der Waals surface area contributed by atoms with E-state index in [9.17, 15) is 9.59 Å². The molecule has 2 N–H and O–H groups in total. The molecule has 5 nitrogen and oxygen atoms in total. The summed E-state index contributed by atoms with van der Waals surface area (Å²) < 4.78 is 2.02. The van der Waals surface area contributed by atoms with Crippen LogP contribution < -0.4 is 5.32 Å². The fraction of sp³-hybridized carbons (Fsp3) is 0.500. The van der Waals surface area contributed by atoms with Gasteiger partial charge in [-0.2, -0.15) is 0 Å². The summed E-state index contributed by atoms with van der Waals surface area (Å²) >= 11 is 0. The van der Waals surface area contributed by atoms with Gasteiger partial charge < -0.3 is 15.0 Å². The molecule has 1 aliphatic rings. The summed E-state index contributed by atoms with van der Waals surface area (Å²) in [6, 6.07) is 1.86. The number of piperidine rings is 1. The third-order valence-corrected chi connectivity index (χ3v) is 3.32. The maximum Gasteiger partial charge on any atom is 0.337 e. The number of carboxylic acids is 1. The Labute approximate surface area is 99.4 Å². The Balaban J connectivity index is 2.32. The van der Waals surface area contributed by atoms with Gasteiger partial charge in [0, 0.05) is 24.4 Å². The number of aryl methyl sites for hydroxylation is 1. The van der Waals surface area contributed by atoms with Crippen molar-refractivity contribution in [2.75, 3.05) is 6.54 Å². The van der Waals surface area contributed by atoms with Crippen LogP contribution in [0.25, 0.3) is 0 Å². The van der Waals surface area contributed by atoms with Crippen LogP contribution in [0, 0.1) is 13.8 Å². The molecule has 92 valence electrons. The van der Waals surface area contributed by atoms with Gasteiger partial charge in [-0.05, 0) is 26.3 Å². The summed E-state index contributed by atoms with van der Waals surface area (Å²) in [5, 5.41) is 11.9. The first kappa shape index (κ1) is 11.7. The molecule has 0 bridgehead atoms. The average molecular weight is 236 g/mol. The Morgan fingerprint density at radius 3 is 2.71 bits per heavy atom. The normalized spacial score (nSPS) is 20.1. The van der Waals surface area contributed by atoms with E-state index in [1.165, 1.54) is 0 Å². The molecule has 1 amide bonds. The molecule has 1 aromatic heterocycles. The van der Waals surface area contributed by atoms with E-state index >= 15 is 0 Å². The highest BCUT2D eigenvalue weighted by Crippen LogP contribution is 2.25. The van der Waals surface area contributed by atoms with E-state index in [4.69, 9.17) is 5.11 Å². The summed E-state index contributed by atoms with van der Waals surface area (Å²) in [6.07, 6.45) is 1.27. The molecular formula is C12H16N2O3. The Morgan fingerprint density at radius 1 is 1.53 bits per heavy atom. The van der Waals surface area contributed by atoms with Crippen LogP contribution in [-0.2, 0) is 4.79 Å². The Hall–Kier alpha value is -1.78. The number of nitrogens with zero attached hydrogens (tertiary/aromatic N) is 1. The van der Waals surface area contributed by atoms with Crippen molar-refractivity contribution in [2.24, 2.45) is 0 Å². The molecule has 2 rings (SSSR count). The van der Waals surface area contributed by atoms with Gasteiger partial charge in [-0.1, -0.05) is 0 Å². The van der Waals surface area contributed by atoms with Gasteiger partial charge in [-0.25, -0.2) is 4.79 Å². The van der Waals surface area contributed by atoms with Crippen LogP contribution in [-0.4, -0.2) is 28.1 Å². The zero-order valence-corrected chi connectivity index (χ0v) is 9.99. The summed E-state index contributed by atoms with van der Waals surface area (Å²) in [5.74, 6) is -0.827. The van der Waals surface area contributed by atoms with Crippen LogP contribution in [0.5, 0.6) is 0 Å². The van der Waals surface area contributed by atoms with Crippen molar-refractivity contribution in [3.05, 3.63) is 23.0 Å². The van der Waals surface area contributed by atoms with Gasteiger partial charge in [0.25, 0.3) is 0 Å². The molecule has 0 aromatic carbocycles. The number of aromatic carboxylic acids is 1. The zero-order valence-electron chi connectivity index (χ0n) is 9.99. The van der Waals surface area contributed by atoms with E-state index in [0.717, 1.165) is 17.8 Å². The molecule has 0 spiro atoms. The smallest absolute Gasteiger partial charge is 0.337 e. The largest absolute Gasteiger partial charge is 0.478 e. The first-order valence-electron chi connectivity index (χ1n) is 5.69. The lowest BCUT2D eigenvalue weighted by molar-refractivity contribution is -0.122. The number of carbonyl (C=O) groups is 2. The van der Waals surface area contributed by atoms with Crippen LogP contribution in [0.1, 0.15) is 40.6 Å². The molecule has 1 fully saturated rings. The summed E-state index contributed by atoms with van der Waals surface area (Å²) in [4.78, 5) is 22.1. The molecular weight excluding hydrogens is 220 g/mol. The molecule has 17 heavy (non-hydrogen) atoms. The van der Waals surface area contributed by atoms with Crippen molar-refractivity contribution >= 4 is 11.9 Å². The third kappa shape index (κ3) is 2.05. The Kier molecular flexibility index (Phi) is 2.92. The quantitative estimate of drug-likeness (QED) is 0.811. The van der Waals surface area contributed by atoms with E-state index < -0.39 is 5.97 Å².